The zero-order valence-corrected chi connectivity index (χ0v) is 16.5. The molecular weight excluding hydrogens is 342 g/mol. The predicted molar refractivity (Wildman–Crippen MR) is 100 cm³/mol. The van der Waals surface area contributed by atoms with Crippen molar-refractivity contribution in [2.45, 2.75) is 63.3 Å². The Morgan fingerprint density at radius 1 is 1.17 bits per heavy atom. The van der Waals surface area contributed by atoms with Crippen molar-refractivity contribution in [3.05, 3.63) is 29.8 Å². The molecule has 24 heavy (non-hydrogen) atoms. The summed E-state index contributed by atoms with van der Waals surface area (Å²) in [6, 6.07) is 7.88. The third-order valence-corrected chi connectivity index (χ3v) is 7.75. The highest BCUT2D eigenvalue weighted by Crippen LogP contribution is 2.27. The van der Waals surface area contributed by atoms with Crippen molar-refractivity contribution in [1.82, 2.24) is 4.72 Å². The molecule has 1 unspecified atom stereocenters. The summed E-state index contributed by atoms with van der Waals surface area (Å²) >= 11 is 0. The molecule has 1 aromatic rings. The van der Waals surface area contributed by atoms with Gasteiger partial charge in [0.1, 0.15) is 0 Å². The van der Waals surface area contributed by atoms with E-state index in [1.807, 2.05) is 24.3 Å². The normalized spacial score (nSPS) is 23.3. The summed E-state index contributed by atoms with van der Waals surface area (Å²) in [5, 5.41) is 0. The molecule has 0 saturated heterocycles. The van der Waals surface area contributed by atoms with Crippen LogP contribution in [0.4, 0.5) is 0 Å². The maximum atomic E-state index is 12.7. The van der Waals surface area contributed by atoms with Crippen molar-refractivity contribution >= 4 is 20.8 Å². The molecule has 2 rings (SSSR count). The second-order valence-corrected chi connectivity index (χ2v) is 10.4. The van der Waals surface area contributed by atoms with Crippen LogP contribution in [-0.2, 0) is 20.8 Å². The molecule has 0 amide bonds. The molecule has 0 aliphatic heterocycles. The van der Waals surface area contributed by atoms with Gasteiger partial charge in [-0.05, 0) is 49.3 Å². The first kappa shape index (κ1) is 19.6. The van der Waals surface area contributed by atoms with Crippen LogP contribution >= 0.6 is 0 Å². The molecule has 1 aromatic carbocycles. The van der Waals surface area contributed by atoms with Crippen molar-refractivity contribution in [2.24, 2.45) is 5.92 Å². The Labute approximate surface area is 148 Å². The molecule has 1 fully saturated rings. The number of hydrogen-bond acceptors (Lipinski definition) is 3. The summed E-state index contributed by atoms with van der Waals surface area (Å²) in [6.07, 6.45) is 3.89. The number of sulfonamides is 1. The van der Waals surface area contributed by atoms with Crippen LogP contribution in [-0.4, -0.2) is 30.2 Å². The van der Waals surface area contributed by atoms with Crippen molar-refractivity contribution in [1.29, 1.82) is 0 Å². The van der Waals surface area contributed by atoms with Crippen LogP contribution in [0.5, 0.6) is 0 Å². The monoisotopic (exact) mass is 371 g/mol. The Morgan fingerprint density at radius 3 is 2.38 bits per heavy atom. The first-order valence-electron chi connectivity index (χ1n) is 8.80. The fourth-order valence-electron chi connectivity index (χ4n) is 3.17. The van der Waals surface area contributed by atoms with Crippen molar-refractivity contribution < 1.29 is 12.6 Å². The zero-order valence-electron chi connectivity index (χ0n) is 14.8. The molecule has 0 bridgehead atoms. The molecule has 4 nitrogen and oxygen atoms in total. The minimum atomic E-state index is -3.22. The average Bonchev–Trinajstić information content (AvgIpc) is 2.56. The Hall–Kier alpha value is -0.720. The van der Waals surface area contributed by atoms with Crippen LogP contribution in [0.25, 0.3) is 0 Å². The summed E-state index contributed by atoms with van der Waals surface area (Å²) in [4.78, 5) is 0.835. The minimum absolute atomic E-state index is 0.0809. The molecule has 136 valence electrons. The number of hydrogen-bond donors (Lipinski definition) is 1. The predicted octanol–water partition coefficient (Wildman–Crippen LogP) is 3.42. The highest BCUT2D eigenvalue weighted by Gasteiger charge is 2.29. The second-order valence-electron chi connectivity index (χ2n) is 6.91. The van der Waals surface area contributed by atoms with Gasteiger partial charge in [0.25, 0.3) is 0 Å². The van der Waals surface area contributed by atoms with Crippen molar-refractivity contribution in [3.63, 3.8) is 0 Å². The maximum Gasteiger partial charge on any atom is 0.211 e. The first-order chi connectivity index (χ1) is 11.3. The van der Waals surface area contributed by atoms with Gasteiger partial charge >= 0.3 is 0 Å². The first-order valence-corrected chi connectivity index (χ1v) is 11.8. The number of rotatable bonds is 7. The standard InChI is InChI=1S/C18H29NO3S2/c1-4-24(21,22)19-18-8-6-5-7-16(18)13-23(20)17-11-9-15(10-12-17)14(2)3/h9-12,14,16,18-19H,4-8,13H2,1-3H3/t16-,18+,23?/m1/s1. The van der Waals surface area contributed by atoms with E-state index in [9.17, 15) is 12.6 Å². The summed E-state index contributed by atoms with van der Waals surface area (Å²) in [5.74, 6) is 1.22. The third kappa shape index (κ3) is 5.39. The maximum absolute atomic E-state index is 12.7. The molecule has 0 aromatic heterocycles. The summed E-state index contributed by atoms with van der Waals surface area (Å²) < 4.78 is 39.3. The fourth-order valence-corrected chi connectivity index (χ4v) is 5.53. The molecule has 0 radical (unpaired) electrons. The fraction of sp³-hybridized carbons (Fsp3) is 0.667. The van der Waals surface area contributed by atoms with E-state index in [0.29, 0.717) is 11.7 Å². The largest absolute Gasteiger partial charge is 0.254 e. The topological polar surface area (TPSA) is 63.2 Å². The lowest BCUT2D eigenvalue weighted by atomic mass is 9.86. The van der Waals surface area contributed by atoms with Crippen LogP contribution < -0.4 is 4.72 Å². The molecule has 0 spiro atoms. The molecule has 3 atom stereocenters. The van der Waals surface area contributed by atoms with Crippen LogP contribution in [0.2, 0.25) is 0 Å². The Balaban J connectivity index is 2.05. The van der Waals surface area contributed by atoms with Gasteiger partial charge in [-0.25, -0.2) is 13.1 Å². The highest BCUT2D eigenvalue weighted by atomic mass is 32.2. The van der Waals surface area contributed by atoms with Gasteiger partial charge in [0, 0.05) is 16.7 Å². The average molecular weight is 372 g/mol. The molecule has 1 aliphatic carbocycles. The Kier molecular flexibility index (Phi) is 7.01. The molecule has 1 aliphatic rings. The van der Waals surface area contributed by atoms with E-state index in [1.54, 1.807) is 6.92 Å². The minimum Gasteiger partial charge on any atom is -0.254 e. The van der Waals surface area contributed by atoms with E-state index in [1.165, 1.54) is 5.56 Å². The lowest BCUT2D eigenvalue weighted by Crippen LogP contribution is -2.44. The Bertz CT molecular complexity index is 653. The summed E-state index contributed by atoms with van der Waals surface area (Å²) in [5.41, 5.74) is 1.24. The van der Waals surface area contributed by atoms with Gasteiger partial charge in [-0.3, -0.25) is 4.21 Å². The molecule has 1 N–H and O–H groups in total. The number of nitrogens with one attached hydrogen (secondary N) is 1. The lowest BCUT2D eigenvalue weighted by molar-refractivity contribution is 0.314. The molecule has 0 heterocycles. The van der Waals surface area contributed by atoms with Crippen LogP contribution in [0.15, 0.2) is 29.2 Å². The van der Waals surface area contributed by atoms with Crippen molar-refractivity contribution in [3.8, 4) is 0 Å². The van der Waals surface area contributed by atoms with E-state index < -0.39 is 20.8 Å². The number of benzene rings is 1. The summed E-state index contributed by atoms with van der Waals surface area (Å²) in [7, 11) is -4.30. The Morgan fingerprint density at radius 2 is 1.79 bits per heavy atom. The smallest absolute Gasteiger partial charge is 0.211 e. The van der Waals surface area contributed by atoms with Gasteiger partial charge in [0.15, 0.2) is 0 Å². The SMILES string of the molecule is CCS(=O)(=O)N[C@H]1CCCC[C@@H]1CS(=O)c1ccc(C(C)C)cc1. The van der Waals surface area contributed by atoms with Crippen molar-refractivity contribution in [2.75, 3.05) is 11.5 Å². The summed E-state index contributed by atoms with van der Waals surface area (Å²) in [6.45, 7) is 5.92. The lowest BCUT2D eigenvalue weighted by Gasteiger charge is -2.31. The van der Waals surface area contributed by atoms with E-state index >= 15 is 0 Å². The van der Waals surface area contributed by atoms with Crippen LogP contribution in [0.3, 0.4) is 0 Å². The quantitative estimate of drug-likeness (QED) is 0.799. The van der Waals surface area contributed by atoms with E-state index in [0.717, 1.165) is 30.6 Å². The molecule has 1 saturated carbocycles. The van der Waals surface area contributed by atoms with Crippen LogP contribution in [0, 0.1) is 5.92 Å². The highest BCUT2D eigenvalue weighted by molar-refractivity contribution is 7.89. The van der Waals surface area contributed by atoms with Gasteiger partial charge < -0.3 is 0 Å². The molecule has 6 heteroatoms. The second kappa shape index (κ2) is 8.59. The van der Waals surface area contributed by atoms with E-state index in [-0.39, 0.29) is 17.7 Å². The molecular formula is C18H29NO3S2. The third-order valence-electron chi connectivity index (χ3n) is 4.80. The van der Waals surface area contributed by atoms with Gasteiger partial charge in [0.05, 0.1) is 16.6 Å². The van der Waals surface area contributed by atoms with Crippen LogP contribution in [0.1, 0.15) is 57.9 Å². The van der Waals surface area contributed by atoms with E-state index in [4.69, 9.17) is 0 Å². The van der Waals surface area contributed by atoms with Gasteiger partial charge in [0.2, 0.25) is 10.0 Å². The van der Waals surface area contributed by atoms with E-state index in [2.05, 4.69) is 18.6 Å². The zero-order chi connectivity index (χ0) is 17.7. The van der Waals surface area contributed by atoms with Gasteiger partial charge in [-0.1, -0.05) is 38.8 Å². The van der Waals surface area contributed by atoms with Gasteiger partial charge in [-0.2, -0.15) is 0 Å². The van der Waals surface area contributed by atoms with Gasteiger partial charge in [-0.15, -0.1) is 0 Å².